The highest BCUT2D eigenvalue weighted by Gasteiger charge is 2.24. The minimum Gasteiger partial charge on any atom is -0.466 e. The molecule has 8 nitrogen and oxygen atoms in total. The van der Waals surface area contributed by atoms with Crippen molar-refractivity contribution in [3.05, 3.63) is 35.9 Å². The van der Waals surface area contributed by atoms with Gasteiger partial charge in [-0.3, -0.25) is 14.4 Å². The second kappa shape index (κ2) is 9.98. The molecule has 0 aliphatic heterocycles. The molecule has 0 aliphatic carbocycles. The molecule has 130 valence electrons. The monoisotopic (exact) mass is 336 g/mol. The normalized spacial score (nSPS) is 11.2. The van der Waals surface area contributed by atoms with E-state index in [-0.39, 0.29) is 26.1 Å². The van der Waals surface area contributed by atoms with Crippen LogP contribution in [0.25, 0.3) is 0 Å². The Hall–Kier alpha value is -2.90. The zero-order valence-electron chi connectivity index (χ0n) is 13.3. The second-order valence-electron chi connectivity index (χ2n) is 4.83. The molecule has 1 aromatic rings. The van der Waals surface area contributed by atoms with E-state index < -0.39 is 29.8 Å². The molecule has 1 aromatic carbocycles. The number of ether oxygens (including phenoxy) is 2. The maximum atomic E-state index is 11.7. The third-order valence-electron chi connectivity index (χ3n) is 2.99. The van der Waals surface area contributed by atoms with Gasteiger partial charge in [0.25, 0.3) is 0 Å². The number of nitrogens with one attached hydrogen (secondary N) is 1. The summed E-state index contributed by atoms with van der Waals surface area (Å²) >= 11 is 0. The quantitative estimate of drug-likeness (QED) is 0.510. The van der Waals surface area contributed by atoms with Crippen LogP contribution in [0.15, 0.2) is 30.3 Å². The lowest BCUT2D eigenvalue weighted by molar-refractivity contribution is -0.156. The molecular formula is C16H20N2O6. The van der Waals surface area contributed by atoms with E-state index in [4.69, 9.17) is 15.2 Å². The van der Waals surface area contributed by atoms with E-state index in [9.17, 15) is 19.2 Å². The number of carbonyl (C=O) groups excluding carboxylic acids is 4. The van der Waals surface area contributed by atoms with Crippen molar-refractivity contribution in [2.24, 2.45) is 5.73 Å². The topological polar surface area (TPSA) is 125 Å². The molecule has 2 amide bonds. The fourth-order valence-corrected chi connectivity index (χ4v) is 1.79. The molecular weight excluding hydrogens is 316 g/mol. The number of nitrogens with two attached hydrogens (primary N) is 1. The molecule has 0 radical (unpaired) electrons. The van der Waals surface area contributed by atoms with Gasteiger partial charge in [-0.05, 0) is 18.9 Å². The van der Waals surface area contributed by atoms with E-state index in [1.165, 1.54) is 0 Å². The van der Waals surface area contributed by atoms with Gasteiger partial charge in [0.05, 0.1) is 6.61 Å². The number of hydrogen-bond acceptors (Lipinski definition) is 6. The molecule has 0 fully saturated rings. The highest BCUT2D eigenvalue weighted by Crippen LogP contribution is 2.02. The van der Waals surface area contributed by atoms with Crippen LogP contribution in [0.4, 0.5) is 0 Å². The summed E-state index contributed by atoms with van der Waals surface area (Å²) in [6.45, 7) is 1.78. The maximum Gasteiger partial charge on any atom is 0.397 e. The predicted octanol–water partition coefficient (Wildman–Crippen LogP) is 0.0432. The minimum atomic E-state index is -1.16. The summed E-state index contributed by atoms with van der Waals surface area (Å²) in [6.07, 6.45) is -0.174. The van der Waals surface area contributed by atoms with Crippen molar-refractivity contribution >= 4 is 23.8 Å². The van der Waals surface area contributed by atoms with Gasteiger partial charge < -0.3 is 20.5 Å². The van der Waals surface area contributed by atoms with E-state index in [2.05, 4.69) is 5.32 Å². The molecule has 0 aliphatic rings. The molecule has 3 N–H and O–H groups in total. The van der Waals surface area contributed by atoms with E-state index in [1.54, 1.807) is 37.3 Å². The fraction of sp³-hybridized carbons (Fsp3) is 0.375. The number of esters is 2. The summed E-state index contributed by atoms with van der Waals surface area (Å²) in [4.78, 5) is 46.0. The Morgan fingerprint density at radius 3 is 2.38 bits per heavy atom. The maximum absolute atomic E-state index is 11.7. The summed E-state index contributed by atoms with van der Waals surface area (Å²) in [6, 6.07) is 7.64. The molecule has 1 rings (SSSR count). The molecule has 0 heterocycles. The van der Waals surface area contributed by atoms with Crippen LogP contribution in [0.2, 0.25) is 0 Å². The highest BCUT2D eigenvalue weighted by atomic mass is 16.5. The smallest absolute Gasteiger partial charge is 0.397 e. The average Bonchev–Trinajstić information content (AvgIpc) is 2.57. The molecule has 24 heavy (non-hydrogen) atoms. The standard InChI is InChI=1S/C16H20N2O6/c1-2-23-13(19)9-8-12(14(17)20)18-15(21)16(22)24-10-11-6-4-3-5-7-11/h3-7,12H,2,8-10H2,1H3,(H2,17,20)(H,18,21)/t12-/m0/s1. The second-order valence-corrected chi connectivity index (χ2v) is 4.83. The number of carbonyl (C=O) groups is 4. The Labute approximate surface area is 139 Å². The first-order valence-corrected chi connectivity index (χ1v) is 7.40. The molecule has 0 spiro atoms. The van der Waals surface area contributed by atoms with Crippen LogP contribution in [0.1, 0.15) is 25.3 Å². The Balaban J connectivity index is 2.47. The molecule has 0 bridgehead atoms. The summed E-state index contributed by atoms with van der Waals surface area (Å²) in [5.74, 6) is -3.62. The van der Waals surface area contributed by atoms with Gasteiger partial charge in [0.1, 0.15) is 12.6 Å². The van der Waals surface area contributed by atoms with E-state index in [1.807, 2.05) is 0 Å². The molecule has 0 saturated carbocycles. The lowest BCUT2D eigenvalue weighted by atomic mass is 10.1. The summed E-state index contributed by atoms with van der Waals surface area (Å²) in [7, 11) is 0. The van der Waals surface area contributed by atoms with Gasteiger partial charge in [-0.15, -0.1) is 0 Å². The van der Waals surface area contributed by atoms with Crippen molar-refractivity contribution in [1.29, 1.82) is 0 Å². The van der Waals surface area contributed by atoms with Crippen molar-refractivity contribution in [3.8, 4) is 0 Å². The van der Waals surface area contributed by atoms with Gasteiger partial charge in [0.15, 0.2) is 0 Å². The third-order valence-corrected chi connectivity index (χ3v) is 2.99. The van der Waals surface area contributed by atoms with Crippen LogP contribution >= 0.6 is 0 Å². The third kappa shape index (κ3) is 6.91. The zero-order valence-corrected chi connectivity index (χ0v) is 13.3. The predicted molar refractivity (Wildman–Crippen MR) is 83.2 cm³/mol. The Morgan fingerprint density at radius 1 is 1.12 bits per heavy atom. The van der Waals surface area contributed by atoms with Crippen molar-refractivity contribution in [1.82, 2.24) is 5.32 Å². The highest BCUT2D eigenvalue weighted by molar-refractivity contribution is 6.32. The van der Waals surface area contributed by atoms with Crippen LogP contribution in [-0.2, 0) is 35.3 Å². The van der Waals surface area contributed by atoms with E-state index in [0.29, 0.717) is 5.56 Å². The lowest BCUT2D eigenvalue weighted by Crippen LogP contribution is -2.47. The molecule has 0 saturated heterocycles. The van der Waals surface area contributed by atoms with E-state index >= 15 is 0 Å². The van der Waals surface area contributed by atoms with Gasteiger partial charge in [0, 0.05) is 6.42 Å². The minimum absolute atomic E-state index is 0.0636. The summed E-state index contributed by atoms with van der Waals surface area (Å²) in [5, 5.41) is 2.15. The number of amides is 2. The Morgan fingerprint density at radius 2 is 1.79 bits per heavy atom. The largest absolute Gasteiger partial charge is 0.466 e. The zero-order chi connectivity index (χ0) is 17.9. The molecule has 1 atom stereocenters. The summed E-state index contributed by atoms with van der Waals surface area (Å²) < 4.78 is 9.56. The average molecular weight is 336 g/mol. The Kier molecular flexibility index (Phi) is 7.97. The van der Waals surface area contributed by atoms with Gasteiger partial charge >= 0.3 is 17.8 Å². The van der Waals surface area contributed by atoms with Crippen molar-refractivity contribution in [3.63, 3.8) is 0 Å². The first kappa shape index (κ1) is 19.1. The van der Waals surface area contributed by atoms with Crippen LogP contribution in [0.3, 0.4) is 0 Å². The van der Waals surface area contributed by atoms with Crippen LogP contribution in [0, 0.1) is 0 Å². The Bertz CT molecular complexity index is 587. The number of rotatable bonds is 8. The lowest BCUT2D eigenvalue weighted by Gasteiger charge is -2.14. The van der Waals surface area contributed by atoms with E-state index in [0.717, 1.165) is 0 Å². The van der Waals surface area contributed by atoms with Gasteiger partial charge in [-0.1, -0.05) is 30.3 Å². The first-order valence-electron chi connectivity index (χ1n) is 7.40. The SMILES string of the molecule is CCOC(=O)CC[C@H](NC(=O)C(=O)OCc1ccccc1)C(N)=O. The number of benzene rings is 1. The van der Waals surface area contributed by atoms with Crippen LogP contribution in [0.5, 0.6) is 0 Å². The van der Waals surface area contributed by atoms with Crippen LogP contribution in [-0.4, -0.2) is 36.4 Å². The van der Waals surface area contributed by atoms with Gasteiger partial charge in [0.2, 0.25) is 5.91 Å². The summed E-state index contributed by atoms with van der Waals surface area (Å²) in [5.41, 5.74) is 5.87. The first-order chi connectivity index (χ1) is 11.4. The van der Waals surface area contributed by atoms with Gasteiger partial charge in [-0.25, -0.2) is 4.79 Å². The number of primary amides is 1. The molecule has 8 heteroatoms. The van der Waals surface area contributed by atoms with Crippen molar-refractivity contribution in [2.45, 2.75) is 32.4 Å². The van der Waals surface area contributed by atoms with Crippen molar-refractivity contribution < 1.29 is 28.7 Å². The number of hydrogen-bond donors (Lipinski definition) is 2. The fourth-order valence-electron chi connectivity index (χ4n) is 1.79. The van der Waals surface area contributed by atoms with Crippen molar-refractivity contribution in [2.75, 3.05) is 6.61 Å². The van der Waals surface area contributed by atoms with Gasteiger partial charge in [-0.2, -0.15) is 0 Å². The molecule has 0 aromatic heterocycles. The molecule has 0 unspecified atom stereocenters. The van der Waals surface area contributed by atoms with Crippen LogP contribution < -0.4 is 11.1 Å².